The van der Waals surface area contributed by atoms with Gasteiger partial charge in [-0.1, -0.05) is 31.5 Å². The van der Waals surface area contributed by atoms with E-state index in [-0.39, 0.29) is 11.9 Å². The summed E-state index contributed by atoms with van der Waals surface area (Å²) in [6, 6.07) is 5.16. The maximum absolute atomic E-state index is 12.2. The molecule has 1 rings (SSSR count). The summed E-state index contributed by atoms with van der Waals surface area (Å²) in [5, 5.41) is 3.32. The lowest BCUT2D eigenvalue weighted by Gasteiger charge is -2.25. The highest BCUT2D eigenvalue weighted by molar-refractivity contribution is 6.36. The summed E-state index contributed by atoms with van der Waals surface area (Å²) in [5.41, 5.74) is 6.55. The summed E-state index contributed by atoms with van der Waals surface area (Å²) >= 11 is 6.06. The molecule has 0 fully saturated rings. The third-order valence-electron chi connectivity index (χ3n) is 2.96. The van der Waals surface area contributed by atoms with E-state index in [1.54, 1.807) is 18.2 Å². The van der Waals surface area contributed by atoms with E-state index in [0.717, 1.165) is 6.54 Å². The van der Waals surface area contributed by atoms with Crippen molar-refractivity contribution in [2.45, 2.75) is 19.9 Å². The smallest absolute Gasteiger partial charge is 0.253 e. The fourth-order valence-electron chi connectivity index (χ4n) is 1.79. The first-order valence-electron chi connectivity index (χ1n) is 6.32. The number of carbonyl (C=O) groups is 1. The van der Waals surface area contributed by atoms with Crippen molar-refractivity contribution < 1.29 is 4.79 Å². The summed E-state index contributed by atoms with van der Waals surface area (Å²) in [4.78, 5) is 14.3. The van der Waals surface area contributed by atoms with Crippen LogP contribution in [0.25, 0.3) is 0 Å². The molecule has 0 saturated heterocycles. The van der Waals surface area contributed by atoms with Gasteiger partial charge < -0.3 is 16.0 Å². The molecular formula is C14H22ClN3O. The van der Waals surface area contributed by atoms with Gasteiger partial charge in [0.1, 0.15) is 0 Å². The summed E-state index contributed by atoms with van der Waals surface area (Å²) in [6.07, 6.45) is 0. The molecule has 0 aliphatic heterocycles. The van der Waals surface area contributed by atoms with E-state index in [1.165, 1.54) is 0 Å². The number of carbonyl (C=O) groups excluding carboxylic acids is 1. The molecule has 1 atom stereocenters. The van der Waals surface area contributed by atoms with Crippen LogP contribution in [0.4, 0.5) is 5.69 Å². The average Bonchev–Trinajstić information content (AvgIpc) is 2.31. The maximum Gasteiger partial charge on any atom is 0.253 e. The van der Waals surface area contributed by atoms with Gasteiger partial charge in [-0.25, -0.2) is 0 Å². The Morgan fingerprint density at radius 2 is 2.05 bits per heavy atom. The Kier molecular flexibility index (Phi) is 5.63. The number of hydrogen-bond acceptors (Lipinski definition) is 3. The zero-order chi connectivity index (χ0) is 14.6. The van der Waals surface area contributed by atoms with E-state index >= 15 is 0 Å². The lowest BCUT2D eigenvalue weighted by atomic mass is 10.0. The first-order valence-corrected chi connectivity index (χ1v) is 6.70. The minimum atomic E-state index is -0.183. The molecule has 0 saturated carbocycles. The van der Waals surface area contributed by atoms with Crippen molar-refractivity contribution in [2.24, 2.45) is 5.92 Å². The number of benzene rings is 1. The first-order chi connectivity index (χ1) is 8.82. The number of rotatable bonds is 5. The van der Waals surface area contributed by atoms with Crippen LogP contribution in [0.5, 0.6) is 0 Å². The second-order valence-corrected chi connectivity index (χ2v) is 5.67. The Balaban J connectivity index is 2.85. The van der Waals surface area contributed by atoms with Gasteiger partial charge >= 0.3 is 0 Å². The van der Waals surface area contributed by atoms with Crippen LogP contribution in [0, 0.1) is 5.92 Å². The molecule has 1 aromatic carbocycles. The quantitative estimate of drug-likeness (QED) is 0.815. The van der Waals surface area contributed by atoms with Gasteiger partial charge in [-0.2, -0.15) is 0 Å². The van der Waals surface area contributed by atoms with Gasteiger partial charge in [0.05, 0.1) is 16.3 Å². The van der Waals surface area contributed by atoms with Gasteiger partial charge in [0.15, 0.2) is 0 Å². The molecule has 0 spiro atoms. The van der Waals surface area contributed by atoms with Gasteiger partial charge in [0, 0.05) is 12.6 Å². The standard InChI is InChI=1S/C14H22ClN3O/c1-9(2)12(8-18(3)4)17-14(19)10-6-5-7-11(16)13(10)15/h5-7,9,12H,8,16H2,1-4H3,(H,17,19). The number of nitrogens with zero attached hydrogens (tertiary/aromatic N) is 1. The molecule has 0 radical (unpaired) electrons. The van der Waals surface area contributed by atoms with Gasteiger partial charge in [0.2, 0.25) is 0 Å². The van der Waals surface area contributed by atoms with Crippen molar-refractivity contribution in [3.05, 3.63) is 28.8 Å². The first kappa shape index (κ1) is 15.8. The summed E-state index contributed by atoms with van der Waals surface area (Å²) in [5.74, 6) is 0.157. The highest BCUT2D eigenvalue weighted by Crippen LogP contribution is 2.23. The fraction of sp³-hybridized carbons (Fsp3) is 0.500. The third kappa shape index (κ3) is 4.40. The van der Waals surface area contributed by atoms with E-state index in [1.807, 2.05) is 19.0 Å². The molecule has 3 N–H and O–H groups in total. The Labute approximate surface area is 119 Å². The minimum absolute atomic E-state index is 0.0694. The van der Waals surface area contributed by atoms with Crippen molar-refractivity contribution >= 4 is 23.2 Å². The van der Waals surface area contributed by atoms with Crippen LogP contribution in [0.3, 0.4) is 0 Å². The van der Waals surface area contributed by atoms with Crippen molar-refractivity contribution in [1.82, 2.24) is 10.2 Å². The highest BCUT2D eigenvalue weighted by atomic mass is 35.5. The molecule has 0 heterocycles. The van der Waals surface area contributed by atoms with Crippen LogP contribution in [0.15, 0.2) is 18.2 Å². The average molecular weight is 284 g/mol. The second-order valence-electron chi connectivity index (χ2n) is 5.29. The summed E-state index contributed by atoms with van der Waals surface area (Å²) < 4.78 is 0. The Morgan fingerprint density at radius 1 is 1.42 bits per heavy atom. The largest absolute Gasteiger partial charge is 0.398 e. The van der Waals surface area contributed by atoms with Gasteiger partial charge in [-0.05, 0) is 32.1 Å². The van der Waals surface area contributed by atoms with Crippen LogP contribution in [0.1, 0.15) is 24.2 Å². The zero-order valence-electron chi connectivity index (χ0n) is 11.9. The van der Waals surface area contributed by atoms with Crippen LogP contribution in [-0.2, 0) is 0 Å². The molecule has 19 heavy (non-hydrogen) atoms. The van der Waals surface area contributed by atoms with Crippen molar-refractivity contribution in [2.75, 3.05) is 26.4 Å². The number of anilines is 1. The van der Waals surface area contributed by atoms with E-state index in [0.29, 0.717) is 22.2 Å². The van der Waals surface area contributed by atoms with E-state index < -0.39 is 0 Å². The van der Waals surface area contributed by atoms with Crippen molar-refractivity contribution in [1.29, 1.82) is 0 Å². The normalized spacial score (nSPS) is 12.8. The lowest BCUT2D eigenvalue weighted by molar-refractivity contribution is 0.0917. The molecule has 0 aliphatic carbocycles. The number of nitrogens with one attached hydrogen (secondary N) is 1. The number of hydrogen-bond donors (Lipinski definition) is 2. The molecule has 0 aromatic heterocycles. The van der Waals surface area contributed by atoms with Gasteiger partial charge in [-0.15, -0.1) is 0 Å². The molecular weight excluding hydrogens is 262 g/mol. The maximum atomic E-state index is 12.2. The molecule has 4 nitrogen and oxygen atoms in total. The van der Waals surface area contributed by atoms with Crippen molar-refractivity contribution in [3.63, 3.8) is 0 Å². The van der Waals surface area contributed by atoms with E-state index in [9.17, 15) is 4.79 Å². The SMILES string of the molecule is CC(C)C(CN(C)C)NC(=O)c1cccc(N)c1Cl. The number of amides is 1. The molecule has 0 aliphatic rings. The van der Waals surface area contributed by atoms with Crippen molar-refractivity contribution in [3.8, 4) is 0 Å². The number of halogens is 1. The van der Waals surface area contributed by atoms with Crippen LogP contribution < -0.4 is 11.1 Å². The Hall–Kier alpha value is -1.26. The molecule has 1 amide bonds. The number of nitrogens with two attached hydrogens (primary N) is 1. The molecule has 106 valence electrons. The summed E-state index contributed by atoms with van der Waals surface area (Å²) in [7, 11) is 3.96. The Morgan fingerprint density at radius 3 is 2.58 bits per heavy atom. The zero-order valence-corrected chi connectivity index (χ0v) is 12.7. The predicted molar refractivity (Wildman–Crippen MR) is 80.5 cm³/mol. The van der Waals surface area contributed by atoms with E-state index in [4.69, 9.17) is 17.3 Å². The monoisotopic (exact) mass is 283 g/mol. The second kappa shape index (κ2) is 6.78. The van der Waals surface area contributed by atoms with Crippen LogP contribution >= 0.6 is 11.6 Å². The van der Waals surface area contributed by atoms with Crippen LogP contribution in [-0.4, -0.2) is 37.5 Å². The third-order valence-corrected chi connectivity index (χ3v) is 3.38. The topological polar surface area (TPSA) is 58.4 Å². The molecule has 1 aromatic rings. The molecule has 1 unspecified atom stereocenters. The van der Waals surface area contributed by atoms with E-state index in [2.05, 4.69) is 19.2 Å². The predicted octanol–water partition coefficient (Wildman–Crippen LogP) is 2.24. The van der Waals surface area contributed by atoms with Crippen LogP contribution in [0.2, 0.25) is 5.02 Å². The molecule has 0 bridgehead atoms. The number of nitrogen functional groups attached to an aromatic ring is 1. The fourth-order valence-corrected chi connectivity index (χ4v) is 2.00. The van der Waals surface area contributed by atoms with Gasteiger partial charge in [-0.3, -0.25) is 4.79 Å². The summed E-state index contributed by atoms with van der Waals surface area (Å²) in [6.45, 7) is 4.94. The number of likely N-dealkylation sites (N-methyl/N-ethyl adjacent to an activating group) is 1. The minimum Gasteiger partial charge on any atom is -0.398 e. The highest BCUT2D eigenvalue weighted by Gasteiger charge is 2.19. The lowest BCUT2D eigenvalue weighted by Crippen LogP contribution is -2.45. The van der Waals surface area contributed by atoms with Gasteiger partial charge in [0.25, 0.3) is 5.91 Å². The molecule has 5 heteroatoms. The Bertz CT molecular complexity index is 446.